The van der Waals surface area contributed by atoms with E-state index in [1.54, 1.807) is 6.08 Å². The van der Waals surface area contributed by atoms with Gasteiger partial charge in [0, 0.05) is 6.92 Å². The van der Waals surface area contributed by atoms with Gasteiger partial charge in [-0.1, -0.05) is 0 Å². The van der Waals surface area contributed by atoms with Gasteiger partial charge in [-0.2, -0.15) is 0 Å². The van der Waals surface area contributed by atoms with Crippen molar-refractivity contribution in [3.8, 4) is 0 Å². The van der Waals surface area contributed by atoms with E-state index in [0.717, 1.165) is 0 Å². The number of rotatable bonds is 1. The minimum Gasteiger partial charge on any atom is -0.404 e. The second-order valence-corrected chi connectivity index (χ2v) is 2.99. The monoisotopic (exact) mass is 141 g/mol. The summed E-state index contributed by atoms with van der Waals surface area (Å²) in [5, 5.41) is 0. The Hall–Kier alpha value is -0.830. The molecule has 0 aromatic carbocycles. The van der Waals surface area contributed by atoms with Crippen molar-refractivity contribution < 1.29 is 9.63 Å². The predicted molar refractivity (Wildman–Crippen MR) is 37.1 cm³/mol. The topological polar surface area (TPSA) is 38.3 Å². The van der Waals surface area contributed by atoms with Crippen molar-refractivity contribution in [2.45, 2.75) is 26.3 Å². The van der Waals surface area contributed by atoms with Gasteiger partial charge in [-0.25, -0.2) is 0 Å². The van der Waals surface area contributed by atoms with Crippen LogP contribution in [-0.2, 0) is 9.63 Å². The zero-order valence-corrected chi connectivity index (χ0v) is 6.39. The van der Waals surface area contributed by atoms with E-state index in [0.29, 0.717) is 5.76 Å². The van der Waals surface area contributed by atoms with E-state index in [9.17, 15) is 4.79 Å². The van der Waals surface area contributed by atoms with Crippen molar-refractivity contribution in [2.24, 2.45) is 0 Å². The molecule has 1 aliphatic rings. The summed E-state index contributed by atoms with van der Waals surface area (Å²) >= 11 is 0. The number of hydrogen-bond acceptors (Lipinski definition) is 3. The molecule has 0 unspecified atom stereocenters. The second kappa shape index (κ2) is 2.09. The number of carbonyl (C=O) groups is 1. The van der Waals surface area contributed by atoms with Crippen molar-refractivity contribution in [3.63, 3.8) is 0 Å². The van der Waals surface area contributed by atoms with Crippen LogP contribution >= 0.6 is 0 Å². The summed E-state index contributed by atoms with van der Waals surface area (Å²) < 4.78 is 0. The smallest absolute Gasteiger partial charge is 0.196 e. The fourth-order valence-electron chi connectivity index (χ4n) is 0.747. The average molecular weight is 141 g/mol. The van der Waals surface area contributed by atoms with E-state index in [1.165, 1.54) is 6.92 Å². The summed E-state index contributed by atoms with van der Waals surface area (Å²) in [6.45, 7) is 5.35. The number of allylic oxidation sites excluding steroid dienone is 1. The third-order valence-electron chi connectivity index (χ3n) is 1.26. The number of hydrogen-bond donors (Lipinski definition) is 1. The molecule has 3 nitrogen and oxygen atoms in total. The van der Waals surface area contributed by atoms with Crippen molar-refractivity contribution in [1.29, 1.82) is 0 Å². The largest absolute Gasteiger partial charge is 0.404 e. The maximum Gasteiger partial charge on any atom is 0.196 e. The van der Waals surface area contributed by atoms with Crippen LogP contribution in [0.15, 0.2) is 11.8 Å². The highest BCUT2D eigenvalue weighted by molar-refractivity contribution is 5.91. The number of carbonyl (C=O) groups excluding carboxylic acids is 1. The molecule has 0 spiro atoms. The molecular weight excluding hydrogens is 130 g/mol. The lowest BCUT2D eigenvalue weighted by molar-refractivity contribution is -0.117. The van der Waals surface area contributed by atoms with E-state index < -0.39 is 0 Å². The molecule has 0 saturated heterocycles. The predicted octanol–water partition coefficient (Wildman–Crippen LogP) is 0.773. The number of hydroxylamine groups is 1. The Morgan fingerprint density at radius 3 is 2.50 bits per heavy atom. The van der Waals surface area contributed by atoms with Crippen LogP contribution in [0.2, 0.25) is 0 Å². The average Bonchev–Trinajstić information content (AvgIpc) is 2.10. The van der Waals surface area contributed by atoms with E-state index in [-0.39, 0.29) is 11.3 Å². The normalized spacial score (nSPS) is 21.7. The van der Waals surface area contributed by atoms with E-state index in [2.05, 4.69) is 5.48 Å². The Bertz CT molecular complexity index is 194. The Balaban J connectivity index is 2.76. The first kappa shape index (κ1) is 7.28. The molecule has 0 fully saturated rings. The van der Waals surface area contributed by atoms with Gasteiger partial charge < -0.3 is 4.84 Å². The van der Waals surface area contributed by atoms with E-state index in [1.807, 2.05) is 13.8 Å². The summed E-state index contributed by atoms with van der Waals surface area (Å²) in [6, 6.07) is 0. The van der Waals surface area contributed by atoms with Crippen LogP contribution in [0.25, 0.3) is 0 Å². The molecule has 0 aliphatic carbocycles. The highest BCUT2D eigenvalue weighted by Gasteiger charge is 2.25. The standard InChI is InChI=1S/C7H11NO2/c1-5(9)6-4-7(2,3)8-10-6/h4,8H,1-3H3. The van der Waals surface area contributed by atoms with Gasteiger partial charge in [-0.15, -0.1) is 5.48 Å². The zero-order chi connectivity index (χ0) is 7.78. The maximum atomic E-state index is 10.7. The molecule has 0 saturated carbocycles. The number of ketones is 1. The molecule has 0 amide bonds. The van der Waals surface area contributed by atoms with E-state index in [4.69, 9.17) is 4.84 Å². The molecule has 1 aliphatic heterocycles. The fourth-order valence-corrected chi connectivity index (χ4v) is 0.747. The Morgan fingerprint density at radius 1 is 1.70 bits per heavy atom. The molecular formula is C7H11NO2. The van der Waals surface area contributed by atoms with Gasteiger partial charge in [-0.3, -0.25) is 4.79 Å². The first-order valence-electron chi connectivity index (χ1n) is 3.19. The van der Waals surface area contributed by atoms with Crippen LogP contribution in [0.5, 0.6) is 0 Å². The molecule has 1 rings (SSSR count). The van der Waals surface area contributed by atoms with Gasteiger partial charge in [0.05, 0.1) is 5.54 Å². The van der Waals surface area contributed by atoms with Crippen molar-refractivity contribution >= 4 is 5.78 Å². The molecule has 56 valence electrons. The minimum atomic E-state index is -0.207. The van der Waals surface area contributed by atoms with Crippen LogP contribution in [-0.4, -0.2) is 11.3 Å². The molecule has 0 aromatic heterocycles. The van der Waals surface area contributed by atoms with Crippen molar-refractivity contribution in [1.82, 2.24) is 5.48 Å². The first-order chi connectivity index (χ1) is 4.51. The molecule has 10 heavy (non-hydrogen) atoms. The second-order valence-electron chi connectivity index (χ2n) is 2.99. The first-order valence-corrected chi connectivity index (χ1v) is 3.19. The molecule has 1 N–H and O–H groups in total. The summed E-state index contributed by atoms with van der Waals surface area (Å²) in [5.74, 6) is 0.364. The molecule has 1 heterocycles. The van der Waals surface area contributed by atoms with Crippen LogP contribution in [0.3, 0.4) is 0 Å². The van der Waals surface area contributed by atoms with Crippen LogP contribution in [0.1, 0.15) is 20.8 Å². The Labute approximate surface area is 60.0 Å². The maximum absolute atomic E-state index is 10.7. The minimum absolute atomic E-state index is 0.0434. The van der Waals surface area contributed by atoms with Crippen LogP contribution < -0.4 is 5.48 Å². The third-order valence-corrected chi connectivity index (χ3v) is 1.26. The summed E-state index contributed by atoms with van der Waals surface area (Å²) in [7, 11) is 0. The van der Waals surface area contributed by atoms with Crippen LogP contribution in [0.4, 0.5) is 0 Å². The van der Waals surface area contributed by atoms with E-state index >= 15 is 0 Å². The third kappa shape index (κ3) is 1.36. The Kier molecular flexibility index (Phi) is 1.52. The van der Waals surface area contributed by atoms with Gasteiger partial charge in [0.25, 0.3) is 0 Å². The molecule has 0 bridgehead atoms. The van der Waals surface area contributed by atoms with Gasteiger partial charge in [0.15, 0.2) is 11.5 Å². The lowest BCUT2D eigenvalue weighted by Gasteiger charge is -2.11. The summed E-state index contributed by atoms with van der Waals surface area (Å²) in [6.07, 6.45) is 1.77. The lowest BCUT2D eigenvalue weighted by Crippen LogP contribution is -2.31. The molecule has 0 aromatic rings. The highest BCUT2D eigenvalue weighted by atomic mass is 16.7. The Morgan fingerprint density at radius 2 is 2.30 bits per heavy atom. The molecule has 0 radical (unpaired) electrons. The van der Waals surface area contributed by atoms with Gasteiger partial charge in [0.1, 0.15) is 0 Å². The fraction of sp³-hybridized carbons (Fsp3) is 0.571. The summed E-state index contributed by atoms with van der Waals surface area (Å²) in [4.78, 5) is 15.6. The van der Waals surface area contributed by atoms with Gasteiger partial charge in [-0.05, 0) is 19.9 Å². The quantitative estimate of drug-likeness (QED) is 0.586. The molecule has 0 atom stereocenters. The van der Waals surface area contributed by atoms with Gasteiger partial charge in [0.2, 0.25) is 0 Å². The summed E-state index contributed by atoms with van der Waals surface area (Å²) in [5.41, 5.74) is 2.51. The SMILES string of the molecule is CC(=O)C1=CC(C)(C)NO1. The number of nitrogens with one attached hydrogen (secondary N) is 1. The van der Waals surface area contributed by atoms with Crippen molar-refractivity contribution in [2.75, 3.05) is 0 Å². The molecule has 3 heteroatoms. The number of Topliss-reactive ketones (excluding diaryl/α,β-unsaturated/α-hetero) is 1. The van der Waals surface area contributed by atoms with Gasteiger partial charge >= 0.3 is 0 Å². The highest BCUT2D eigenvalue weighted by Crippen LogP contribution is 2.16. The zero-order valence-electron chi connectivity index (χ0n) is 6.39. The van der Waals surface area contributed by atoms with Crippen molar-refractivity contribution in [3.05, 3.63) is 11.8 Å². The van der Waals surface area contributed by atoms with Crippen LogP contribution in [0, 0.1) is 0 Å². The lowest BCUT2D eigenvalue weighted by atomic mass is 10.1.